The SMILES string of the molecule is N[C@@H](CCC(=O)N[C@@H](CS)C(=O)NCC(=O)O)C(=O)O.[H-].[Na+]. The van der Waals surface area contributed by atoms with Gasteiger partial charge in [0.2, 0.25) is 11.8 Å². The predicted octanol–water partition coefficient (Wildman–Crippen LogP) is -5.09. The molecule has 0 aliphatic carbocycles. The van der Waals surface area contributed by atoms with Gasteiger partial charge in [-0.1, -0.05) is 0 Å². The average molecular weight is 331 g/mol. The fraction of sp³-hybridized carbons (Fsp3) is 0.600. The Kier molecular flexibility index (Phi) is 12.6. The number of amides is 2. The first-order valence-corrected chi connectivity index (χ1v) is 6.29. The van der Waals surface area contributed by atoms with E-state index in [0.717, 1.165) is 0 Å². The predicted molar refractivity (Wildman–Crippen MR) is 72.4 cm³/mol. The Hall–Kier alpha value is -0.810. The Morgan fingerprint density at radius 3 is 2.24 bits per heavy atom. The largest absolute Gasteiger partial charge is 1.00 e. The van der Waals surface area contributed by atoms with Crippen LogP contribution in [0.3, 0.4) is 0 Å². The molecule has 11 heteroatoms. The maximum Gasteiger partial charge on any atom is 1.00 e. The molecule has 0 aromatic rings. The van der Waals surface area contributed by atoms with E-state index in [-0.39, 0.29) is 49.6 Å². The minimum absolute atomic E-state index is 0. The average Bonchev–Trinajstić information content (AvgIpc) is 2.38. The van der Waals surface area contributed by atoms with Crippen LogP contribution < -0.4 is 45.9 Å². The molecule has 0 unspecified atom stereocenters. The molecule has 0 rings (SSSR count). The molecule has 21 heavy (non-hydrogen) atoms. The summed E-state index contributed by atoms with van der Waals surface area (Å²) in [5, 5.41) is 21.4. The molecule has 0 aromatic heterocycles. The van der Waals surface area contributed by atoms with E-state index in [0.29, 0.717) is 0 Å². The molecular formula is C10H18N3NaO6S. The van der Waals surface area contributed by atoms with Crippen LogP contribution in [0.2, 0.25) is 0 Å². The number of nitrogens with two attached hydrogens (primary N) is 1. The van der Waals surface area contributed by atoms with Gasteiger partial charge in [-0.3, -0.25) is 19.2 Å². The third-order valence-electron chi connectivity index (χ3n) is 2.25. The van der Waals surface area contributed by atoms with Crippen LogP contribution in [0.5, 0.6) is 0 Å². The number of thiol groups is 1. The van der Waals surface area contributed by atoms with Gasteiger partial charge in [0.25, 0.3) is 0 Å². The third kappa shape index (κ3) is 10.5. The molecule has 0 bridgehead atoms. The van der Waals surface area contributed by atoms with E-state index in [4.69, 9.17) is 15.9 Å². The van der Waals surface area contributed by atoms with Crippen molar-refractivity contribution in [1.29, 1.82) is 0 Å². The number of hydrogen-bond acceptors (Lipinski definition) is 6. The summed E-state index contributed by atoms with van der Waals surface area (Å²) in [4.78, 5) is 43.7. The summed E-state index contributed by atoms with van der Waals surface area (Å²) in [5.41, 5.74) is 5.23. The maximum atomic E-state index is 11.5. The summed E-state index contributed by atoms with van der Waals surface area (Å²) >= 11 is 3.87. The molecular weight excluding hydrogens is 313 g/mol. The number of nitrogens with one attached hydrogen (secondary N) is 2. The van der Waals surface area contributed by atoms with Crippen LogP contribution in [0, 0.1) is 0 Å². The van der Waals surface area contributed by atoms with Crippen molar-refractivity contribution >= 4 is 36.4 Å². The zero-order valence-corrected chi connectivity index (χ0v) is 14.4. The monoisotopic (exact) mass is 331 g/mol. The quantitative estimate of drug-likeness (QED) is 0.182. The fourth-order valence-corrected chi connectivity index (χ4v) is 1.41. The molecule has 6 N–H and O–H groups in total. The summed E-state index contributed by atoms with van der Waals surface area (Å²) in [6.45, 7) is -0.567. The van der Waals surface area contributed by atoms with Gasteiger partial charge < -0.3 is 28.0 Å². The van der Waals surface area contributed by atoms with E-state index in [1.165, 1.54) is 0 Å². The van der Waals surface area contributed by atoms with Gasteiger partial charge in [0.05, 0.1) is 0 Å². The zero-order valence-electron chi connectivity index (χ0n) is 12.5. The number of carboxylic acids is 2. The van der Waals surface area contributed by atoms with E-state index < -0.39 is 42.4 Å². The van der Waals surface area contributed by atoms with Gasteiger partial charge >= 0.3 is 41.5 Å². The van der Waals surface area contributed by atoms with Crippen LogP contribution >= 0.6 is 12.6 Å². The van der Waals surface area contributed by atoms with Crippen LogP contribution in [0.1, 0.15) is 14.3 Å². The molecule has 0 saturated carbocycles. The third-order valence-corrected chi connectivity index (χ3v) is 2.61. The molecule has 0 aromatic carbocycles. The zero-order chi connectivity index (χ0) is 15.7. The van der Waals surface area contributed by atoms with Crippen molar-refractivity contribution in [2.24, 2.45) is 5.73 Å². The molecule has 0 aliphatic heterocycles. The minimum atomic E-state index is -1.22. The van der Waals surface area contributed by atoms with Crippen molar-refractivity contribution in [1.82, 2.24) is 10.6 Å². The Morgan fingerprint density at radius 1 is 1.24 bits per heavy atom. The first kappa shape index (κ1) is 22.5. The smallest absolute Gasteiger partial charge is 1.00 e. The molecule has 116 valence electrons. The van der Waals surface area contributed by atoms with Crippen LogP contribution in [-0.4, -0.2) is 58.3 Å². The van der Waals surface area contributed by atoms with Crippen molar-refractivity contribution in [3.8, 4) is 0 Å². The van der Waals surface area contributed by atoms with E-state index in [2.05, 4.69) is 23.3 Å². The molecule has 0 radical (unpaired) electrons. The van der Waals surface area contributed by atoms with Gasteiger partial charge in [-0.15, -0.1) is 0 Å². The molecule has 2 atom stereocenters. The Bertz CT molecular complexity index is 401. The number of carboxylic acid groups (broad SMARTS) is 2. The molecule has 9 nitrogen and oxygen atoms in total. The molecule has 0 fully saturated rings. The van der Waals surface area contributed by atoms with Crippen LogP contribution in [0.25, 0.3) is 0 Å². The maximum absolute atomic E-state index is 11.5. The van der Waals surface area contributed by atoms with Gasteiger partial charge in [0.1, 0.15) is 18.6 Å². The first-order valence-electron chi connectivity index (χ1n) is 5.66. The summed E-state index contributed by atoms with van der Waals surface area (Å²) in [6.07, 6.45) is -0.235. The summed E-state index contributed by atoms with van der Waals surface area (Å²) in [6, 6.07) is -2.15. The standard InChI is InChI=1S/C10H17N3O6S.Na.H/c11-5(10(18)19)1-2-7(14)13-6(4-20)9(17)12-3-8(15)16;;/h5-6,20H,1-4,11H2,(H,12,17)(H,13,14)(H,15,16)(H,18,19);;/q;+1;-1/t5-,6-;;/m0../s1. The van der Waals surface area contributed by atoms with Gasteiger partial charge in [-0.05, 0) is 6.42 Å². The normalized spacial score (nSPS) is 12.5. The van der Waals surface area contributed by atoms with Crippen molar-refractivity contribution < 1.29 is 60.4 Å². The van der Waals surface area contributed by atoms with E-state index in [9.17, 15) is 19.2 Å². The Labute approximate surface area is 150 Å². The van der Waals surface area contributed by atoms with Crippen LogP contribution in [0.15, 0.2) is 0 Å². The number of carbonyl (C=O) groups excluding carboxylic acids is 2. The molecule has 0 heterocycles. The summed E-state index contributed by atoms with van der Waals surface area (Å²) in [7, 11) is 0. The summed E-state index contributed by atoms with van der Waals surface area (Å²) in [5.74, 6) is -3.70. The van der Waals surface area contributed by atoms with E-state index in [1.807, 2.05) is 0 Å². The second kappa shape index (κ2) is 11.8. The molecule has 2 amide bonds. The topological polar surface area (TPSA) is 159 Å². The van der Waals surface area contributed by atoms with Crippen molar-refractivity contribution in [2.45, 2.75) is 24.9 Å². The molecule has 0 spiro atoms. The van der Waals surface area contributed by atoms with Gasteiger partial charge in [-0.25, -0.2) is 0 Å². The fourth-order valence-electron chi connectivity index (χ4n) is 1.16. The second-order valence-electron chi connectivity index (χ2n) is 3.90. The number of hydrogen-bond donors (Lipinski definition) is 6. The first-order chi connectivity index (χ1) is 9.27. The van der Waals surface area contributed by atoms with E-state index >= 15 is 0 Å². The Balaban J connectivity index is -0.00000180. The second-order valence-corrected chi connectivity index (χ2v) is 4.26. The number of rotatable bonds is 9. The Morgan fingerprint density at radius 2 is 1.81 bits per heavy atom. The number of aliphatic carboxylic acids is 2. The van der Waals surface area contributed by atoms with E-state index in [1.54, 1.807) is 0 Å². The minimum Gasteiger partial charge on any atom is -1.00 e. The number of carbonyl (C=O) groups is 4. The molecule has 0 saturated heterocycles. The van der Waals surface area contributed by atoms with Crippen LogP contribution in [-0.2, 0) is 19.2 Å². The van der Waals surface area contributed by atoms with Crippen molar-refractivity contribution in [2.75, 3.05) is 12.3 Å². The van der Waals surface area contributed by atoms with Gasteiger partial charge in [-0.2, -0.15) is 12.6 Å². The van der Waals surface area contributed by atoms with Crippen LogP contribution in [0.4, 0.5) is 0 Å². The van der Waals surface area contributed by atoms with Crippen molar-refractivity contribution in [3.63, 3.8) is 0 Å². The summed E-state index contributed by atoms with van der Waals surface area (Å²) < 4.78 is 0. The van der Waals surface area contributed by atoms with Gasteiger partial charge in [0, 0.05) is 12.2 Å². The van der Waals surface area contributed by atoms with Gasteiger partial charge in [0.15, 0.2) is 0 Å². The molecule has 0 aliphatic rings. The van der Waals surface area contributed by atoms with Crippen molar-refractivity contribution in [3.05, 3.63) is 0 Å².